The van der Waals surface area contributed by atoms with Crippen LogP contribution in [0.3, 0.4) is 0 Å². The Kier molecular flexibility index (Phi) is 5.55. The summed E-state index contributed by atoms with van der Waals surface area (Å²) in [6.07, 6.45) is 2.58. The third-order valence-electron chi connectivity index (χ3n) is 5.55. The molecule has 1 aromatic carbocycles. The lowest BCUT2D eigenvalue weighted by molar-refractivity contribution is 0.0572. The first-order chi connectivity index (χ1) is 15.4. The lowest BCUT2D eigenvalue weighted by Gasteiger charge is -2.43. The van der Waals surface area contributed by atoms with Crippen molar-refractivity contribution < 1.29 is 22.7 Å². The molecule has 2 aliphatic rings. The summed E-state index contributed by atoms with van der Waals surface area (Å²) >= 11 is 0. The number of hydrogen-bond donors (Lipinski definition) is 0. The molecule has 0 saturated carbocycles. The normalized spacial score (nSPS) is 18.6. The van der Waals surface area contributed by atoms with Gasteiger partial charge in [0, 0.05) is 31.6 Å². The van der Waals surface area contributed by atoms with Crippen molar-refractivity contribution in [1.29, 1.82) is 0 Å². The maximum atomic E-state index is 13.3. The van der Waals surface area contributed by atoms with Crippen molar-refractivity contribution in [1.82, 2.24) is 14.9 Å². The quantitative estimate of drug-likeness (QED) is 0.616. The number of rotatable bonds is 2. The van der Waals surface area contributed by atoms with E-state index in [0.717, 1.165) is 11.8 Å². The first-order valence-electron chi connectivity index (χ1n) is 10.6. The summed E-state index contributed by atoms with van der Waals surface area (Å²) in [5.74, 6) is 0.283. The van der Waals surface area contributed by atoms with Crippen molar-refractivity contribution in [2.75, 3.05) is 29.6 Å². The van der Waals surface area contributed by atoms with Gasteiger partial charge in [0.25, 0.3) is 0 Å². The van der Waals surface area contributed by atoms with Crippen LogP contribution in [0.1, 0.15) is 44.4 Å². The van der Waals surface area contributed by atoms with Gasteiger partial charge in [0.1, 0.15) is 11.4 Å². The summed E-state index contributed by atoms with van der Waals surface area (Å²) in [6.45, 7) is 6.08. The number of anilines is 2. The zero-order valence-corrected chi connectivity index (χ0v) is 20.1. The fourth-order valence-corrected chi connectivity index (χ4v) is 4.61. The third kappa shape index (κ3) is 4.37. The number of amides is 3. The van der Waals surface area contributed by atoms with Crippen LogP contribution < -0.4 is 9.80 Å². The second kappa shape index (κ2) is 7.98. The van der Waals surface area contributed by atoms with Crippen LogP contribution in [0.4, 0.5) is 21.1 Å². The standard InChI is InChI=1S/C22H27N5O5S/c1-22(2,3)32-21(29)26-11-10-17(15-8-6-7-9-16(15)26)27-13-14-12-23-19(33(5,30)31)24-18(14)25(4)20(27)28/h6-9,12,17H,10-11,13H2,1-5H3. The number of aromatic nitrogens is 2. The highest BCUT2D eigenvalue weighted by Crippen LogP contribution is 2.41. The number of nitrogens with zero attached hydrogens (tertiary/aromatic N) is 5. The summed E-state index contributed by atoms with van der Waals surface area (Å²) < 4.78 is 29.3. The Morgan fingerprint density at radius 2 is 1.91 bits per heavy atom. The lowest BCUT2D eigenvalue weighted by atomic mass is 9.94. The number of hydrogen-bond acceptors (Lipinski definition) is 7. The molecule has 0 N–H and O–H groups in total. The fourth-order valence-electron chi connectivity index (χ4n) is 4.11. The molecule has 0 spiro atoms. The Labute approximate surface area is 193 Å². The van der Waals surface area contributed by atoms with Crippen LogP contribution in [0, 0.1) is 0 Å². The molecule has 0 saturated heterocycles. The molecule has 10 nitrogen and oxygen atoms in total. The van der Waals surface area contributed by atoms with E-state index in [0.29, 0.717) is 24.2 Å². The van der Waals surface area contributed by atoms with Crippen molar-refractivity contribution in [3.63, 3.8) is 0 Å². The van der Waals surface area contributed by atoms with Gasteiger partial charge in [-0.2, -0.15) is 0 Å². The SMILES string of the molecule is CN1C(=O)N(C2CCN(C(=O)OC(C)(C)C)c3ccccc32)Cc2cnc(S(C)(=O)=O)nc21. The Balaban J connectivity index is 1.67. The van der Waals surface area contributed by atoms with E-state index in [1.165, 1.54) is 11.1 Å². The summed E-state index contributed by atoms with van der Waals surface area (Å²) in [5.41, 5.74) is 1.57. The van der Waals surface area contributed by atoms with Gasteiger partial charge in [0.05, 0.1) is 18.3 Å². The molecule has 3 heterocycles. The zero-order valence-electron chi connectivity index (χ0n) is 19.3. The number of ether oxygens (including phenoxy) is 1. The highest BCUT2D eigenvalue weighted by Gasteiger charge is 2.40. The Hall–Kier alpha value is -3.21. The zero-order chi connectivity index (χ0) is 24.1. The Bertz CT molecular complexity index is 1220. The van der Waals surface area contributed by atoms with Gasteiger partial charge in [-0.1, -0.05) is 18.2 Å². The lowest BCUT2D eigenvalue weighted by Crippen LogP contribution is -2.50. The van der Waals surface area contributed by atoms with Crippen LogP contribution in [-0.4, -0.2) is 60.9 Å². The number of urea groups is 1. The van der Waals surface area contributed by atoms with Crippen LogP contribution in [0.15, 0.2) is 35.6 Å². The molecular formula is C22H27N5O5S. The van der Waals surface area contributed by atoms with E-state index in [4.69, 9.17) is 4.74 Å². The predicted octanol–water partition coefficient (Wildman–Crippen LogP) is 3.14. The second-order valence-electron chi connectivity index (χ2n) is 9.24. The maximum absolute atomic E-state index is 13.3. The van der Waals surface area contributed by atoms with Crippen LogP contribution in [0.25, 0.3) is 0 Å². The first-order valence-corrected chi connectivity index (χ1v) is 12.5. The van der Waals surface area contributed by atoms with E-state index in [-0.39, 0.29) is 29.6 Å². The van der Waals surface area contributed by atoms with Gasteiger partial charge in [-0.25, -0.2) is 28.0 Å². The molecule has 1 atom stereocenters. The van der Waals surface area contributed by atoms with E-state index >= 15 is 0 Å². The number of sulfone groups is 1. The largest absolute Gasteiger partial charge is 0.443 e. The molecule has 2 aromatic rings. The van der Waals surface area contributed by atoms with E-state index in [2.05, 4.69) is 9.97 Å². The van der Waals surface area contributed by atoms with E-state index in [1.54, 1.807) is 16.8 Å². The molecule has 3 amide bonds. The average Bonchev–Trinajstić information content (AvgIpc) is 2.73. The van der Waals surface area contributed by atoms with Crippen LogP contribution in [-0.2, 0) is 21.1 Å². The number of carbonyl (C=O) groups is 2. The molecule has 1 aromatic heterocycles. The molecule has 0 radical (unpaired) electrons. The minimum absolute atomic E-state index is 0.230. The van der Waals surface area contributed by atoms with Crippen LogP contribution in [0.5, 0.6) is 0 Å². The second-order valence-corrected chi connectivity index (χ2v) is 11.1. The summed E-state index contributed by atoms with van der Waals surface area (Å²) in [5, 5.41) is -0.314. The molecule has 4 rings (SSSR count). The number of benzene rings is 1. The number of para-hydroxylation sites is 1. The highest BCUT2D eigenvalue weighted by molar-refractivity contribution is 7.90. The monoisotopic (exact) mass is 473 g/mol. The molecule has 11 heteroatoms. The molecule has 1 unspecified atom stereocenters. The predicted molar refractivity (Wildman–Crippen MR) is 122 cm³/mol. The van der Waals surface area contributed by atoms with Gasteiger partial charge in [0.2, 0.25) is 15.0 Å². The Morgan fingerprint density at radius 1 is 1.21 bits per heavy atom. The van der Waals surface area contributed by atoms with Gasteiger partial charge >= 0.3 is 12.1 Å². The van der Waals surface area contributed by atoms with Crippen molar-refractivity contribution in [2.45, 2.75) is 50.5 Å². The topological polar surface area (TPSA) is 113 Å². The molecule has 0 bridgehead atoms. The van der Waals surface area contributed by atoms with Crippen molar-refractivity contribution >= 4 is 33.5 Å². The molecular weight excluding hydrogens is 446 g/mol. The molecule has 33 heavy (non-hydrogen) atoms. The first kappa shape index (κ1) is 23.0. The Morgan fingerprint density at radius 3 is 2.58 bits per heavy atom. The fraction of sp³-hybridized carbons (Fsp3) is 0.455. The van der Waals surface area contributed by atoms with Crippen molar-refractivity contribution in [2.24, 2.45) is 0 Å². The minimum Gasteiger partial charge on any atom is -0.443 e. The maximum Gasteiger partial charge on any atom is 0.414 e. The number of carbonyl (C=O) groups excluding carboxylic acids is 2. The van der Waals surface area contributed by atoms with Gasteiger partial charge in [-0.15, -0.1) is 0 Å². The minimum atomic E-state index is -3.60. The van der Waals surface area contributed by atoms with E-state index in [9.17, 15) is 18.0 Å². The molecule has 176 valence electrons. The summed E-state index contributed by atoms with van der Waals surface area (Å²) in [4.78, 5) is 38.9. The van der Waals surface area contributed by atoms with Crippen LogP contribution >= 0.6 is 0 Å². The average molecular weight is 474 g/mol. The molecule has 2 aliphatic heterocycles. The van der Waals surface area contributed by atoms with Gasteiger partial charge < -0.3 is 9.64 Å². The van der Waals surface area contributed by atoms with Gasteiger partial charge in [-0.3, -0.25) is 9.80 Å². The van der Waals surface area contributed by atoms with Crippen LogP contribution in [0.2, 0.25) is 0 Å². The highest BCUT2D eigenvalue weighted by atomic mass is 32.2. The third-order valence-corrected chi connectivity index (χ3v) is 6.41. The molecule has 0 fully saturated rings. The summed E-state index contributed by atoms with van der Waals surface area (Å²) in [6, 6.07) is 6.89. The van der Waals surface area contributed by atoms with Gasteiger partial charge in [0.15, 0.2) is 0 Å². The smallest absolute Gasteiger partial charge is 0.414 e. The molecule has 0 aliphatic carbocycles. The van der Waals surface area contributed by atoms with E-state index < -0.39 is 21.5 Å². The summed E-state index contributed by atoms with van der Waals surface area (Å²) in [7, 11) is -2.04. The van der Waals surface area contributed by atoms with Crippen molar-refractivity contribution in [3.05, 3.63) is 41.6 Å². The van der Waals surface area contributed by atoms with Crippen molar-refractivity contribution in [3.8, 4) is 0 Å². The van der Waals surface area contributed by atoms with Gasteiger partial charge in [-0.05, 0) is 38.8 Å². The number of fused-ring (bicyclic) bond motifs is 2. The van der Waals surface area contributed by atoms with E-state index in [1.807, 2.05) is 45.0 Å².